The van der Waals surface area contributed by atoms with Crippen molar-refractivity contribution in [2.45, 2.75) is 41.2 Å². The highest BCUT2D eigenvalue weighted by Gasteiger charge is 2.33. The number of rotatable bonds is 4. The number of aromatic nitrogens is 1. The van der Waals surface area contributed by atoms with Crippen LogP contribution in [0.3, 0.4) is 0 Å². The molecule has 3 amide bonds. The normalized spacial score (nSPS) is 15.1. The fraction of sp³-hybridized carbons (Fsp3) is 0.231. The maximum Gasteiger partial charge on any atom is 0.329 e. The first-order valence-corrected chi connectivity index (χ1v) is 10.4. The molecule has 1 fully saturated rings. The van der Waals surface area contributed by atoms with Crippen LogP contribution in [0.5, 0.6) is 0 Å². The Balaban J connectivity index is 1.65. The van der Waals surface area contributed by atoms with Gasteiger partial charge in [0.2, 0.25) is 0 Å². The van der Waals surface area contributed by atoms with Gasteiger partial charge in [0.25, 0.3) is 5.91 Å². The molecule has 5 heteroatoms. The van der Waals surface area contributed by atoms with Crippen LogP contribution in [-0.2, 0) is 11.3 Å². The first-order valence-electron chi connectivity index (χ1n) is 10.4. The summed E-state index contributed by atoms with van der Waals surface area (Å²) in [5.41, 5.74) is 8.84. The molecule has 0 bridgehead atoms. The van der Waals surface area contributed by atoms with E-state index in [1.807, 2.05) is 51.1 Å². The molecule has 0 aliphatic carbocycles. The predicted molar refractivity (Wildman–Crippen MR) is 123 cm³/mol. The van der Waals surface area contributed by atoms with E-state index in [4.69, 9.17) is 0 Å². The number of amides is 3. The highest BCUT2D eigenvalue weighted by atomic mass is 16.2. The molecule has 0 atom stereocenters. The molecule has 0 spiro atoms. The van der Waals surface area contributed by atoms with Crippen LogP contribution >= 0.6 is 0 Å². The van der Waals surface area contributed by atoms with Crippen molar-refractivity contribution in [3.05, 3.63) is 93.4 Å². The van der Waals surface area contributed by atoms with Crippen molar-refractivity contribution in [1.82, 2.24) is 14.8 Å². The molecule has 158 valence electrons. The lowest BCUT2D eigenvalue weighted by Gasteiger charge is -2.12. The van der Waals surface area contributed by atoms with E-state index in [2.05, 4.69) is 41.9 Å². The summed E-state index contributed by atoms with van der Waals surface area (Å²) in [6.07, 6.45) is 1.78. The molecule has 1 N–H and O–H groups in total. The molecule has 2 heterocycles. The van der Waals surface area contributed by atoms with E-state index in [-0.39, 0.29) is 18.5 Å². The topological polar surface area (TPSA) is 54.3 Å². The Morgan fingerprint density at radius 1 is 0.871 bits per heavy atom. The Labute approximate surface area is 183 Å². The second-order valence-corrected chi connectivity index (χ2v) is 8.38. The molecule has 0 saturated carbocycles. The second-order valence-electron chi connectivity index (χ2n) is 8.38. The quantitative estimate of drug-likeness (QED) is 0.477. The van der Waals surface area contributed by atoms with Crippen LogP contribution in [0.25, 0.3) is 11.8 Å². The molecule has 3 aromatic rings. The highest BCUT2D eigenvalue weighted by Crippen LogP contribution is 2.25. The van der Waals surface area contributed by atoms with E-state index in [1.165, 1.54) is 16.0 Å². The number of carbonyl (C=O) groups is 2. The van der Waals surface area contributed by atoms with Gasteiger partial charge in [-0.1, -0.05) is 35.9 Å². The highest BCUT2D eigenvalue weighted by molar-refractivity contribution is 6.14. The summed E-state index contributed by atoms with van der Waals surface area (Å²) in [4.78, 5) is 26.7. The average Bonchev–Trinajstić information content (AvgIpc) is 3.11. The molecular formula is C26H27N3O2. The van der Waals surface area contributed by atoms with Crippen LogP contribution in [0.2, 0.25) is 0 Å². The van der Waals surface area contributed by atoms with Gasteiger partial charge >= 0.3 is 6.03 Å². The fourth-order valence-corrected chi connectivity index (χ4v) is 4.27. The van der Waals surface area contributed by atoms with Crippen LogP contribution in [-0.4, -0.2) is 21.4 Å². The summed E-state index contributed by atoms with van der Waals surface area (Å²) in [5.74, 6) is -0.303. The fourth-order valence-electron chi connectivity index (χ4n) is 4.27. The largest absolute Gasteiger partial charge is 0.329 e. The minimum atomic E-state index is -0.388. The van der Waals surface area contributed by atoms with E-state index >= 15 is 0 Å². The monoisotopic (exact) mass is 413 g/mol. The smallest absolute Gasteiger partial charge is 0.318 e. The lowest BCUT2D eigenvalue weighted by Crippen LogP contribution is -2.30. The van der Waals surface area contributed by atoms with E-state index in [0.717, 1.165) is 33.8 Å². The van der Waals surface area contributed by atoms with Gasteiger partial charge in [0.15, 0.2) is 0 Å². The lowest BCUT2D eigenvalue weighted by molar-refractivity contribution is -0.123. The predicted octanol–water partition coefficient (Wildman–Crippen LogP) is 5.11. The summed E-state index contributed by atoms with van der Waals surface area (Å²) in [5, 5.41) is 2.74. The molecule has 1 aromatic heterocycles. The van der Waals surface area contributed by atoms with Gasteiger partial charge in [-0.25, -0.2) is 4.79 Å². The van der Waals surface area contributed by atoms with Crippen LogP contribution in [0.15, 0.2) is 54.2 Å². The van der Waals surface area contributed by atoms with Gasteiger partial charge in [-0.2, -0.15) is 0 Å². The first-order chi connectivity index (χ1) is 14.7. The summed E-state index contributed by atoms with van der Waals surface area (Å²) < 4.78 is 2.18. The zero-order valence-electron chi connectivity index (χ0n) is 18.6. The van der Waals surface area contributed by atoms with Gasteiger partial charge in [0.1, 0.15) is 5.70 Å². The summed E-state index contributed by atoms with van der Waals surface area (Å²) in [6, 6.07) is 15.9. The molecular weight excluding hydrogens is 386 g/mol. The van der Waals surface area contributed by atoms with Crippen LogP contribution < -0.4 is 5.32 Å². The zero-order valence-corrected chi connectivity index (χ0v) is 18.6. The minimum absolute atomic E-state index is 0.255. The van der Waals surface area contributed by atoms with Gasteiger partial charge in [-0.15, -0.1) is 0 Å². The van der Waals surface area contributed by atoms with E-state index in [1.54, 1.807) is 6.08 Å². The third-order valence-corrected chi connectivity index (χ3v) is 5.62. The number of benzene rings is 2. The molecule has 31 heavy (non-hydrogen) atoms. The van der Waals surface area contributed by atoms with E-state index in [0.29, 0.717) is 5.70 Å². The third-order valence-electron chi connectivity index (χ3n) is 5.62. The Morgan fingerprint density at radius 2 is 1.58 bits per heavy atom. The molecule has 1 aliphatic heterocycles. The number of aryl methyl sites for hydroxylation is 4. The number of imide groups is 1. The van der Waals surface area contributed by atoms with Crippen molar-refractivity contribution in [3.63, 3.8) is 0 Å². The molecule has 5 nitrogen and oxygen atoms in total. The van der Waals surface area contributed by atoms with Gasteiger partial charge in [0, 0.05) is 17.1 Å². The lowest BCUT2D eigenvalue weighted by atomic mass is 10.1. The molecule has 0 radical (unpaired) electrons. The summed E-state index contributed by atoms with van der Waals surface area (Å²) in [6.45, 7) is 10.5. The zero-order chi connectivity index (χ0) is 22.3. The summed E-state index contributed by atoms with van der Waals surface area (Å²) >= 11 is 0. The second kappa shape index (κ2) is 7.91. The summed E-state index contributed by atoms with van der Waals surface area (Å²) in [7, 11) is 0. The average molecular weight is 414 g/mol. The van der Waals surface area contributed by atoms with Crippen molar-refractivity contribution >= 4 is 18.0 Å². The molecule has 0 unspecified atom stereocenters. The number of hydrogen-bond donors (Lipinski definition) is 1. The molecule has 1 aliphatic rings. The van der Waals surface area contributed by atoms with Crippen LogP contribution in [0, 0.1) is 34.6 Å². The first kappa shape index (κ1) is 20.7. The number of nitrogens with zero attached hydrogens (tertiary/aromatic N) is 2. The molecule has 4 rings (SSSR count). The van der Waals surface area contributed by atoms with E-state index < -0.39 is 0 Å². The van der Waals surface area contributed by atoms with Gasteiger partial charge < -0.3 is 9.88 Å². The number of urea groups is 1. The Hall–Kier alpha value is -3.60. The Kier molecular flexibility index (Phi) is 5.27. The van der Waals surface area contributed by atoms with Gasteiger partial charge in [-0.3, -0.25) is 9.69 Å². The molecule has 1 saturated heterocycles. The SMILES string of the molecule is Cc1cccc(CN2C(=O)N/C(=C/c3cc(C)n(-c4cc(C)cc(C)c4)c3C)C2=O)c1. The Morgan fingerprint density at radius 3 is 2.26 bits per heavy atom. The maximum absolute atomic E-state index is 12.9. The van der Waals surface area contributed by atoms with Crippen molar-refractivity contribution in [1.29, 1.82) is 0 Å². The Bertz CT molecular complexity index is 1210. The third kappa shape index (κ3) is 4.04. The van der Waals surface area contributed by atoms with Gasteiger partial charge in [0.05, 0.1) is 6.54 Å². The van der Waals surface area contributed by atoms with Crippen LogP contribution in [0.1, 0.15) is 39.2 Å². The van der Waals surface area contributed by atoms with Crippen molar-refractivity contribution in [2.75, 3.05) is 0 Å². The van der Waals surface area contributed by atoms with Crippen molar-refractivity contribution < 1.29 is 9.59 Å². The van der Waals surface area contributed by atoms with Gasteiger partial charge in [-0.05, 0) is 81.1 Å². The minimum Gasteiger partial charge on any atom is -0.318 e. The van der Waals surface area contributed by atoms with Crippen molar-refractivity contribution in [3.8, 4) is 5.69 Å². The van der Waals surface area contributed by atoms with Crippen molar-refractivity contribution in [2.24, 2.45) is 0 Å². The maximum atomic E-state index is 12.9. The molecule has 2 aromatic carbocycles. The van der Waals surface area contributed by atoms with E-state index in [9.17, 15) is 9.59 Å². The van der Waals surface area contributed by atoms with Crippen LogP contribution in [0.4, 0.5) is 4.79 Å². The standard InChI is InChI=1S/C26H27N3O2/c1-16-7-6-8-21(10-16)15-28-25(30)24(27-26(28)31)14-22-13-19(4)29(20(22)5)23-11-17(2)9-18(3)12-23/h6-14H,15H2,1-5H3,(H,27,31)/b24-14+. The number of nitrogens with one attached hydrogen (secondary N) is 1. The number of carbonyl (C=O) groups excluding carboxylic acids is 2. The number of hydrogen-bond acceptors (Lipinski definition) is 2.